The first-order chi connectivity index (χ1) is 12.4. The number of nitrogens with zero attached hydrogens (tertiary/aromatic N) is 2. The lowest BCUT2D eigenvalue weighted by Crippen LogP contribution is -2.17. The van der Waals surface area contributed by atoms with E-state index in [1.54, 1.807) is 18.2 Å². The zero-order valence-electron chi connectivity index (χ0n) is 14.6. The van der Waals surface area contributed by atoms with Crippen LogP contribution in [0.4, 0.5) is 0 Å². The normalized spacial score (nSPS) is 11.9. The molecule has 0 saturated carbocycles. The number of aromatic nitrogens is 1. The first-order valence-corrected chi connectivity index (χ1v) is 9.70. The predicted molar refractivity (Wildman–Crippen MR) is 110 cm³/mol. The van der Waals surface area contributed by atoms with Crippen LogP contribution in [0.1, 0.15) is 16.7 Å². The third kappa shape index (κ3) is 3.78. The van der Waals surface area contributed by atoms with Crippen LogP contribution in [0.25, 0.3) is 10.2 Å². The van der Waals surface area contributed by atoms with E-state index in [1.165, 1.54) is 16.9 Å². The van der Waals surface area contributed by atoms with Gasteiger partial charge in [0.25, 0.3) is 5.91 Å². The molecule has 0 unspecified atom stereocenters. The number of rotatable bonds is 4. The number of allylic oxidation sites excluding steroid dienone is 1. The van der Waals surface area contributed by atoms with Crippen LogP contribution < -0.4 is 4.80 Å². The maximum atomic E-state index is 12.5. The number of hydrogen-bond donors (Lipinski definition) is 0. The lowest BCUT2D eigenvalue weighted by atomic mass is 10.0. The van der Waals surface area contributed by atoms with Gasteiger partial charge in [0, 0.05) is 6.54 Å². The zero-order valence-corrected chi connectivity index (χ0v) is 16.9. The Morgan fingerprint density at radius 2 is 1.92 bits per heavy atom. The Hall–Kier alpha value is -1.88. The largest absolute Gasteiger partial charge is 0.311 e. The Kier molecular flexibility index (Phi) is 5.66. The second kappa shape index (κ2) is 7.78. The third-order valence-electron chi connectivity index (χ3n) is 4.19. The molecule has 2 aromatic carbocycles. The van der Waals surface area contributed by atoms with Gasteiger partial charge in [-0.2, -0.15) is 4.99 Å². The fraction of sp³-hybridized carbons (Fsp3) is 0.200. The molecule has 1 amide bonds. The fourth-order valence-electron chi connectivity index (χ4n) is 2.73. The van der Waals surface area contributed by atoms with Crippen LogP contribution in [0.3, 0.4) is 0 Å². The Morgan fingerprint density at radius 3 is 2.62 bits per heavy atom. The number of hydrogen-bond acceptors (Lipinski definition) is 2. The van der Waals surface area contributed by atoms with Crippen LogP contribution in [0.2, 0.25) is 10.0 Å². The third-order valence-corrected chi connectivity index (χ3v) is 6.03. The van der Waals surface area contributed by atoms with Crippen molar-refractivity contribution in [1.82, 2.24) is 4.57 Å². The molecule has 26 heavy (non-hydrogen) atoms. The Balaban J connectivity index is 2.05. The van der Waals surface area contributed by atoms with Crippen LogP contribution in [0.15, 0.2) is 48.0 Å². The van der Waals surface area contributed by atoms with Crippen LogP contribution in [-0.4, -0.2) is 10.5 Å². The summed E-state index contributed by atoms with van der Waals surface area (Å²) in [5, 5.41) is 1.17. The number of fused-ring (bicyclic) bond motifs is 1. The van der Waals surface area contributed by atoms with Crippen LogP contribution in [-0.2, 0) is 17.8 Å². The molecule has 1 aromatic heterocycles. The number of carbonyl (C=O) groups excluding carboxylic acids is 1. The Morgan fingerprint density at radius 1 is 1.19 bits per heavy atom. The number of aryl methyl sites for hydroxylation is 2. The van der Waals surface area contributed by atoms with E-state index in [9.17, 15) is 4.79 Å². The monoisotopic (exact) mass is 404 g/mol. The lowest BCUT2D eigenvalue weighted by molar-refractivity contribution is -0.117. The highest BCUT2D eigenvalue weighted by Gasteiger charge is 2.13. The Bertz CT molecular complexity index is 1080. The summed E-state index contributed by atoms with van der Waals surface area (Å²) in [6, 6.07) is 9.51. The summed E-state index contributed by atoms with van der Waals surface area (Å²) in [6.07, 6.45) is 2.00. The van der Waals surface area contributed by atoms with Gasteiger partial charge >= 0.3 is 0 Å². The molecular weight excluding hydrogens is 387 g/mol. The van der Waals surface area contributed by atoms with E-state index in [0.29, 0.717) is 21.4 Å². The van der Waals surface area contributed by atoms with Crippen molar-refractivity contribution in [3.8, 4) is 0 Å². The van der Waals surface area contributed by atoms with Crippen molar-refractivity contribution >= 4 is 50.7 Å². The van der Waals surface area contributed by atoms with Gasteiger partial charge in [0.05, 0.1) is 26.7 Å². The summed E-state index contributed by atoms with van der Waals surface area (Å²) in [5.74, 6) is -0.204. The van der Waals surface area contributed by atoms with Crippen molar-refractivity contribution in [2.24, 2.45) is 4.99 Å². The van der Waals surface area contributed by atoms with Crippen LogP contribution in [0, 0.1) is 13.8 Å². The number of amides is 1. The van der Waals surface area contributed by atoms with Crippen molar-refractivity contribution in [3.63, 3.8) is 0 Å². The van der Waals surface area contributed by atoms with Gasteiger partial charge in [0.1, 0.15) is 0 Å². The second-order valence-electron chi connectivity index (χ2n) is 6.09. The van der Waals surface area contributed by atoms with Crippen molar-refractivity contribution in [2.75, 3.05) is 0 Å². The molecule has 6 heteroatoms. The van der Waals surface area contributed by atoms with Crippen LogP contribution in [0.5, 0.6) is 0 Å². The predicted octanol–water partition coefficient (Wildman–Crippen LogP) is 5.48. The van der Waals surface area contributed by atoms with Gasteiger partial charge in [-0.15, -0.1) is 6.58 Å². The molecule has 3 nitrogen and oxygen atoms in total. The average molecular weight is 405 g/mol. The van der Waals surface area contributed by atoms with E-state index in [0.717, 1.165) is 21.3 Å². The molecule has 0 N–H and O–H groups in total. The van der Waals surface area contributed by atoms with Crippen molar-refractivity contribution in [2.45, 2.75) is 26.8 Å². The smallest absolute Gasteiger partial charge is 0.252 e. The molecule has 0 radical (unpaired) electrons. The molecule has 3 aromatic rings. The van der Waals surface area contributed by atoms with E-state index in [4.69, 9.17) is 23.2 Å². The fourth-order valence-corrected chi connectivity index (χ4v) is 4.40. The zero-order chi connectivity index (χ0) is 18.8. The van der Waals surface area contributed by atoms with Gasteiger partial charge in [0.15, 0.2) is 4.80 Å². The van der Waals surface area contributed by atoms with Gasteiger partial charge in [-0.1, -0.05) is 58.8 Å². The van der Waals surface area contributed by atoms with E-state index in [-0.39, 0.29) is 12.3 Å². The summed E-state index contributed by atoms with van der Waals surface area (Å²) in [5.41, 5.74) is 4.10. The first-order valence-electron chi connectivity index (χ1n) is 8.12. The summed E-state index contributed by atoms with van der Waals surface area (Å²) in [6.45, 7) is 8.36. The van der Waals surface area contributed by atoms with Crippen molar-refractivity contribution in [1.29, 1.82) is 0 Å². The lowest BCUT2D eigenvalue weighted by Gasteiger charge is -2.04. The average Bonchev–Trinajstić information content (AvgIpc) is 2.94. The van der Waals surface area contributed by atoms with E-state index < -0.39 is 0 Å². The molecule has 1 heterocycles. The van der Waals surface area contributed by atoms with Gasteiger partial charge in [-0.05, 0) is 42.7 Å². The van der Waals surface area contributed by atoms with Gasteiger partial charge in [-0.25, -0.2) is 0 Å². The van der Waals surface area contributed by atoms with E-state index in [1.807, 2.05) is 36.6 Å². The highest BCUT2D eigenvalue weighted by atomic mass is 35.5. The number of thiazole rings is 1. The Labute approximate surface area is 166 Å². The SMILES string of the molecule is C=CCn1c(=NC(=O)Cc2ccc(C)c(C)c2)sc2c(Cl)ccc(Cl)c21. The number of carbonyl (C=O) groups is 1. The summed E-state index contributed by atoms with van der Waals surface area (Å²) >= 11 is 14.0. The van der Waals surface area contributed by atoms with Gasteiger partial charge in [0.2, 0.25) is 0 Å². The highest BCUT2D eigenvalue weighted by molar-refractivity contribution is 7.17. The molecule has 3 rings (SSSR count). The quantitative estimate of drug-likeness (QED) is 0.529. The van der Waals surface area contributed by atoms with E-state index in [2.05, 4.69) is 11.6 Å². The molecule has 0 aliphatic heterocycles. The summed E-state index contributed by atoms with van der Waals surface area (Å²) < 4.78 is 2.69. The molecule has 0 spiro atoms. The number of halogens is 2. The molecule has 134 valence electrons. The maximum absolute atomic E-state index is 12.5. The first kappa shape index (κ1) is 18.9. The summed E-state index contributed by atoms with van der Waals surface area (Å²) in [4.78, 5) is 17.4. The molecule has 0 fully saturated rings. The van der Waals surface area contributed by atoms with Crippen molar-refractivity contribution in [3.05, 3.63) is 74.5 Å². The standard InChI is InChI=1S/C20H18Cl2N2OS/c1-4-9-24-18-15(21)7-8-16(22)19(18)26-20(24)23-17(25)11-14-6-5-12(2)13(3)10-14/h4-8,10H,1,9,11H2,2-3H3. The number of benzene rings is 2. The van der Waals surface area contributed by atoms with E-state index >= 15 is 0 Å². The molecule has 0 aliphatic carbocycles. The topological polar surface area (TPSA) is 34.4 Å². The van der Waals surface area contributed by atoms with Gasteiger partial charge < -0.3 is 4.57 Å². The minimum absolute atomic E-state index is 0.204. The second-order valence-corrected chi connectivity index (χ2v) is 7.88. The molecule has 0 saturated heterocycles. The molecule has 0 bridgehead atoms. The molecule has 0 aliphatic rings. The van der Waals surface area contributed by atoms with Crippen molar-refractivity contribution < 1.29 is 4.79 Å². The van der Waals surface area contributed by atoms with Gasteiger partial charge in [-0.3, -0.25) is 4.79 Å². The maximum Gasteiger partial charge on any atom is 0.252 e. The molecule has 0 atom stereocenters. The van der Waals surface area contributed by atoms with Crippen LogP contribution >= 0.6 is 34.5 Å². The highest BCUT2D eigenvalue weighted by Crippen LogP contribution is 2.31. The summed E-state index contributed by atoms with van der Waals surface area (Å²) in [7, 11) is 0. The minimum atomic E-state index is -0.204. The minimum Gasteiger partial charge on any atom is -0.311 e. The molecular formula is C20H18Cl2N2OS.